The molecule has 2 aromatic carbocycles. The summed E-state index contributed by atoms with van der Waals surface area (Å²) in [7, 11) is 0. The van der Waals surface area contributed by atoms with Crippen LogP contribution in [0.1, 0.15) is 55.8 Å². The van der Waals surface area contributed by atoms with E-state index in [1.807, 2.05) is 6.07 Å². The van der Waals surface area contributed by atoms with Gasteiger partial charge in [0.1, 0.15) is 5.00 Å². The average molecular weight is 579 g/mol. The molecule has 7 nitrogen and oxygen atoms in total. The molecule has 0 radical (unpaired) electrons. The molecule has 2 heterocycles. The molecule has 0 saturated carbocycles. The Bertz CT molecular complexity index is 1380. The molecule has 12 heteroatoms. The third-order valence-electron chi connectivity index (χ3n) is 6.26. The zero-order valence-corrected chi connectivity index (χ0v) is 22.5. The number of likely N-dealkylation sites (tertiary alicyclic amines) is 1. The van der Waals surface area contributed by atoms with Crippen molar-refractivity contribution in [2.75, 3.05) is 18.4 Å². The number of alkyl halides is 3. The molecule has 0 atom stereocenters. The SMILES string of the molecule is Cc1csc(NC(=O)c2cccc(CN3CCC(O)CC3)c2)c1C(=O)N/N=C\c1ccc(Cl)c(C(F)(F)F)c1. The molecule has 3 aromatic rings. The topological polar surface area (TPSA) is 94.0 Å². The summed E-state index contributed by atoms with van der Waals surface area (Å²) in [5, 5.41) is 17.9. The molecular weight excluding hydrogens is 553 g/mol. The van der Waals surface area contributed by atoms with Crippen LogP contribution in [0, 0.1) is 6.92 Å². The molecule has 4 rings (SSSR count). The van der Waals surface area contributed by atoms with Gasteiger partial charge < -0.3 is 10.4 Å². The van der Waals surface area contributed by atoms with Crippen LogP contribution < -0.4 is 10.7 Å². The predicted octanol–water partition coefficient (Wildman–Crippen LogP) is 5.70. The van der Waals surface area contributed by atoms with Gasteiger partial charge in [0.05, 0.1) is 28.5 Å². The van der Waals surface area contributed by atoms with Crippen LogP contribution >= 0.6 is 22.9 Å². The molecule has 0 aliphatic carbocycles. The van der Waals surface area contributed by atoms with Gasteiger partial charge in [0.25, 0.3) is 11.8 Å². The van der Waals surface area contributed by atoms with Crippen LogP contribution in [-0.2, 0) is 12.7 Å². The van der Waals surface area contributed by atoms with Gasteiger partial charge in [0, 0.05) is 25.2 Å². The first-order valence-electron chi connectivity index (χ1n) is 12.1. The Hall–Kier alpha value is -3.25. The van der Waals surface area contributed by atoms with E-state index in [4.69, 9.17) is 11.6 Å². The Morgan fingerprint density at radius 3 is 2.64 bits per heavy atom. The first-order valence-corrected chi connectivity index (χ1v) is 13.4. The van der Waals surface area contributed by atoms with E-state index >= 15 is 0 Å². The largest absolute Gasteiger partial charge is 0.417 e. The van der Waals surface area contributed by atoms with Crippen molar-refractivity contribution in [2.45, 2.75) is 38.6 Å². The highest BCUT2D eigenvalue weighted by atomic mass is 35.5. The van der Waals surface area contributed by atoms with E-state index in [2.05, 4.69) is 20.7 Å². The molecule has 0 spiro atoms. The van der Waals surface area contributed by atoms with Gasteiger partial charge in [-0.25, -0.2) is 5.43 Å². The number of amides is 2. The lowest BCUT2D eigenvalue weighted by molar-refractivity contribution is -0.137. The number of thiophene rings is 1. The zero-order valence-electron chi connectivity index (χ0n) is 20.9. The number of carbonyl (C=O) groups excluding carboxylic acids is 2. The lowest BCUT2D eigenvalue weighted by atomic mass is 10.1. The average Bonchev–Trinajstić information content (AvgIpc) is 3.25. The minimum atomic E-state index is -4.62. The van der Waals surface area contributed by atoms with E-state index in [1.165, 1.54) is 17.4 Å². The van der Waals surface area contributed by atoms with Crippen LogP contribution in [0.25, 0.3) is 0 Å². The van der Waals surface area contributed by atoms with Gasteiger partial charge in [0.2, 0.25) is 0 Å². The summed E-state index contributed by atoms with van der Waals surface area (Å²) in [4.78, 5) is 28.1. The molecule has 1 fully saturated rings. The van der Waals surface area contributed by atoms with E-state index in [1.54, 1.807) is 30.5 Å². The number of aliphatic hydroxyl groups excluding tert-OH is 1. The van der Waals surface area contributed by atoms with E-state index in [0.29, 0.717) is 22.7 Å². The summed E-state index contributed by atoms with van der Waals surface area (Å²) >= 11 is 6.81. The van der Waals surface area contributed by atoms with E-state index in [0.717, 1.165) is 49.8 Å². The minimum absolute atomic E-state index is 0.100. The molecular formula is C27H26ClF3N4O3S. The van der Waals surface area contributed by atoms with E-state index in [9.17, 15) is 27.9 Å². The fourth-order valence-electron chi connectivity index (χ4n) is 4.20. The number of anilines is 1. The summed E-state index contributed by atoms with van der Waals surface area (Å²) in [6, 6.07) is 10.5. The molecule has 3 N–H and O–H groups in total. The fourth-order valence-corrected chi connectivity index (χ4v) is 5.36. The van der Waals surface area contributed by atoms with Gasteiger partial charge in [-0.2, -0.15) is 18.3 Å². The summed E-state index contributed by atoms with van der Waals surface area (Å²) in [5.41, 5.74) is 3.62. The van der Waals surface area contributed by atoms with Gasteiger partial charge in [-0.05, 0) is 66.1 Å². The van der Waals surface area contributed by atoms with Crippen LogP contribution in [0.15, 0.2) is 52.9 Å². The van der Waals surface area contributed by atoms with Crippen molar-refractivity contribution in [2.24, 2.45) is 5.10 Å². The molecule has 1 aliphatic heterocycles. The number of hydrogen-bond acceptors (Lipinski definition) is 6. The van der Waals surface area contributed by atoms with E-state index < -0.39 is 22.7 Å². The molecule has 2 amide bonds. The number of benzene rings is 2. The Morgan fingerprint density at radius 2 is 1.92 bits per heavy atom. The zero-order chi connectivity index (χ0) is 28.2. The van der Waals surface area contributed by atoms with Gasteiger partial charge in [-0.15, -0.1) is 11.3 Å². The van der Waals surface area contributed by atoms with Crippen LogP contribution in [0.3, 0.4) is 0 Å². The smallest absolute Gasteiger partial charge is 0.393 e. The number of halogens is 4. The molecule has 206 valence electrons. The Balaban J connectivity index is 1.41. The lowest BCUT2D eigenvalue weighted by Crippen LogP contribution is -2.35. The highest BCUT2D eigenvalue weighted by Gasteiger charge is 2.33. The molecule has 0 bridgehead atoms. The minimum Gasteiger partial charge on any atom is -0.393 e. The summed E-state index contributed by atoms with van der Waals surface area (Å²) in [6.45, 7) is 3.94. The van der Waals surface area contributed by atoms with Crippen molar-refractivity contribution in [1.29, 1.82) is 0 Å². The number of nitrogens with zero attached hydrogens (tertiary/aromatic N) is 2. The number of aliphatic hydroxyl groups is 1. The number of aryl methyl sites for hydroxylation is 1. The lowest BCUT2D eigenvalue weighted by Gasteiger charge is -2.29. The van der Waals surface area contributed by atoms with Gasteiger partial charge in [-0.3, -0.25) is 14.5 Å². The number of hydrazone groups is 1. The first-order chi connectivity index (χ1) is 18.5. The van der Waals surface area contributed by atoms with Gasteiger partial charge in [-0.1, -0.05) is 29.8 Å². The standard InChI is InChI=1S/C27H26ClF3N4O3S/c1-16-15-39-26(23(16)25(38)34-32-13-17-5-6-22(28)21(12-17)27(29,30)31)33-24(37)19-4-2-3-18(11-19)14-35-9-7-20(36)8-10-35/h2-6,11-13,15,20,36H,7-10,14H2,1H3,(H,33,37)(H,34,38)/b32-13-. The highest BCUT2D eigenvalue weighted by Crippen LogP contribution is 2.35. The Morgan fingerprint density at radius 1 is 1.18 bits per heavy atom. The van der Waals surface area contributed by atoms with Crippen LogP contribution in [0.5, 0.6) is 0 Å². The van der Waals surface area contributed by atoms with E-state index in [-0.39, 0.29) is 23.1 Å². The summed E-state index contributed by atoms with van der Waals surface area (Å²) in [5.74, 6) is -1.00. The molecule has 1 saturated heterocycles. The Kier molecular flexibility index (Phi) is 9.06. The molecule has 1 aliphatic rings. The van der Waals surface area contributed by atoms with Crippen molar-refractivity contribution in [1.82, 2.24) is 10.3 Å². The first kappa shape index (κ1) is 28.8. The number of hydrogen-bond donors (Lipinski definition) is 3. The number of nitrogens with one attached hydrogen (secondary N) is 2. The number of carbonyl (C=O) groups is 2. The van der Waals surface area contributed by atoms with Crippen molar-refractivity contribution in [3.05, 3.63) is 86.2 Å². The molecule has 0 unspecified atom stereocenters. The third kappa shape index (κ3) is 7.45. The molecule has 39 heavy (non-hydrogen) atoms. The van der Waals surface area contributed by atoms with Crippen molar-refractivity contribution >= 4 is 46.0 Å². The predicted molar refractivity (Wildman–Crippen MR) is 145 cm³/mol. The maximum atomic E-state index is 13.1. The second-order valence-corrected chi connectivity index (χ2v) is 10.5. The summed E-state index contributed by atoms with van der Waals surface area (Å²) < 4.78 is 39.2. The third-order valence-corrected chi connectivity index (χ3v) is 7.60. The van der Waals surface area contributed by atoms with Crippen LogP contribution in [-0.4, -0.2) is 47.2 Å². The van der Waals surface area contributed by atoms with Crippen molar-refractivity contribution in [3.8, 4) is 0 Å². The Labute approximate surface area is 232 Å². The van der Waals surface area contributed by atoms with Crippen LogP contribution in [0.2, 0.25) is 5.02 Å². The second-order valence-electron chi connectivity index (χ2n) is 9.22. The maximum Gasteiger partial charge on any atom is 0.417 e. The van der Waals surface area contributed by atoms with Gasteiger partial charge in [0.15, 0.2) is 0 Å². The van der Waals surface area contributed by atoms with Crippen LogP contribution in [0.4, 0.5) is 18.2 Å². The number of piperidine rings is 1. The molecule has 1 aromatic heterocycles. The summed E-state index contributed by atoms with van der Waals surface area (Å²) in [6.07, 6.45) is -2.36. The monoisotopic (exact) mass is 578 g/mol. The quantitative estimate of drug-likeness (QED) is 0.248. The van der Waals surface area contributed by atoms with Gasteiger partial charge >= 0.3 is 6.18 Å². The number of rotatable bonds is 7. The normalized spacial score (nSPS) is 15.0. The maximum absolute atomic E-state index is 13.1. The fraction of sp³-hybridized carbons (Fsp3) is 0.296. The van der Waals surface area contributed by atoms with Crippen molar-refractivity contribution < 1.29 is 27.9 Å². The second kappa shape index (κ2) is 12.3. The highest BCUT2D eigenvalue weighted by molar-refractivity contribution is 7.15. The van der Waals surface area contributed by atoms with Crippen molar-refractivity contribution in [3.63, 3.8) is 0 Å².